The number of unbranched alkanes of at least 4 members (excludes halogenated alkanes) is 1. The predicted molar refractivity (Wildman–Crippen MR) is 89.5 cm³/mol. The number of anilines is 1. The molecule has 0 saturated carbocycles. The maximum absolute atomic E-state index is 10.5. The molecule has 22 heavy (non-hydrogen) atoms. The van der Waals surface area contributed by atoms with Gasteiger partial charge in [-0.1, -0.05) is 6.07 Å². The van der Waals surface area contributed by atoms with E-state index in [0.29, 0.717) is 12.5 Å². The van der Waals surface area contributed by atoms with Crippen molar-refractivity contribution in [1.29, 1.82) is 0 Å². The third kappa shape index (κ3) is 2.13. The van der Waals surface area contributed by atoms with Gasteiger partial charge in [0.2, 0.25) is 0 Å². The molecule has 116 valence electrons. The van der Waals surface area contributed by atoms with Gasteiger partial charge in [-0.25, -0.2) is 0 Å². The fourth-order valence-electron chi connectivity index (χ4n) is 4.18. The average molecular weight is 297 g/mol. The lowest BCUT2D eigenvalue weighted by Crippen LogP contribution is -2.55. The first kappa shape index (κ1) is 13.8. The van der Waals surface area contributed by atoms with Crippen LogP contribution in [0.2, 0.25) is 0 Å². The van der Waals surface area contributed by atoms with Crippen molar-refractivity contribution in [3.63, 3.8) is 0 Å². The van der Waals surface area contributed by atoms with Gasteiger partial charge in [-0.15, -0.1) is 0 Å². The number of fused-ring (bicyclic) bond motifs is 2. The summed E-state index contributed by atoms with van der Waals surface area (Å²) in [7, 11) is 2.14. The molecule has 0 amide bonds. The van der Waals surface area contributed by atoms with Crippen molar-refractivity contribution >= 4 is 22.9 Å². The highest BCUT2D eigenvalue weighted by Gasteiger charge is 2.33. The molecule has 1 unspecified atom stereocenters. The molecule has 1 saturated heterocycles. The van der Waals surface area contributed by atoms with Crippen molar-refractivity contribution in [3.8, 4) is 0 Å². The number of aldehydes is 1. The smallest absolute Gasteiger partial charge is 0.120 e. The van der Waals surface area contributed by atoms with E-state index in [9.17, 15) is 4.79 Å². The van der Waals surface area contributed by atoms with E-state index in [1.165, 1.54) is 22.2 Å². The van der Waals surface area contributed by atoms with E-state index in [-0.39, 0.29) is 0 Å². The quantitative estimate of drug-likeness (QED) is 0.640. The summed E-state index contributed by atoms with van der Waals surface area (Å²) in [5, 5.41) is 1.45. The number of benzene rings is 1. The van der Waals surface area contributed by atoms with Gasteiger partial charge in [-0.05, 0) is 37.1 Å². The van der Waals surface area contributed by atoms with Crippen molar-refractivity contribution < 1.29 is 4.79 Å². The molecule has 4 rings (SSSR count). The summed E-state index contributed by atoms with van der Waals surface area (Å²) in [6.07, 6.45) is 6.15. The second-order valence-corrected chi connectivity index (χ2v) is 6.60. The van der Waals surface area contributed by atoms with Crippen LogP contribution in [0.1, 0.15) is 18.4 Å². The van der Waals surface area contributed by atoms with Crippen molar-refractivity contribution in [1.82, 2.24) is 9.47 Å². The zero-order chi connectivity index (χ0) is 15.1. The van der Waals surface area contributed by atoms with Crippen LogP contribution in [-0.2, 0) is 18.3 Å². The van der Waals surface area contributed by atoms with Crippen molar-refractivity contribution in [2.24, 2.45) is 7.05 Å². The Balaban J connectivity index is 1.59. The van der Waals surface area contributed by atoms with Crippen LogP contribution in [0.15, 0.2) is 24.4 Å². The van der Waals surface area contributed by atoms with Crippen LogP contribution in [0.3, 0.4) is 0 Å². The van der Waals surface area contributed by atoms with Crippen LogP contribution in [0.25, 0.3) is 10.9 Å². The lowest BCUT2D eigenvalue weighted by molar-refractivity contribution is -0.108. The number of rotatable bonds is 4. The molecule has 0 radical (unpaired) electrons. The van der Waals surface area contributed by atoms with Crippen LogP contribution in [0, 0.1) is 0 Å². The zero-order valence-electron chi connectivity index (χ0n) is 13.2. The summed E-state index contributed by atoms with van der Waals surface area (Å²) < 4.78 is 2.26. The standard InChI is InChI=1S/C18H23N3O/c1-19-12-14-11-15-13-20(7-2-3-10-22)8-9-21(15)17-6-4-5-16(19)18(14)17/h4-6,10,12,15H,2-3,7-9,11,13H2,1H3. The summed E-state index contributed by atoms with van der Waals surface area (Å²) >= 11 is 0. The van der Waals surface area contributed by atoms with E-state index in [0.717, 1.165) is 45.3 Å². The molecule has 0 bridgehead atoms. The van der Waals surface area contributed by atoms with Crippen LogP contribution in [0.4, 0.5) is 5.69 Å². The van der Waals surface area contributed by atoms with Gasteiger partial charge < -0.3 is 14.3 Å². The monoisotopic (exact) mass is 297 g/mol. The molecule has 1 atom stereocenters. The number of aromatic nitrogens is 1. The summed E-state index contributed by atoms with van der Waals surface area (Å²) in [4.78, 5) is 15.6. The molecule has 0 aliphatic carbocycles. The molecule has 2 aliphatic rings. The van der Waals surface area contributed by atoms with Gasteiger partial charge in [0.1, 0.15) is 6.29 Å². The molecule has 4 heteroatoms. The van der Waals surface area contributed by atoms with Crippen LogP contribution in [0.5, 0.6) is 0 Å². The molecule has 0 spiro atoms. The SMILES string of the molecule is Cn1cc2c3c(cccc31)N1CCN(CCCC=O)CC1C2. The first-order chi connectivity index (χ1) is 10.8. The Hall–Kier alpha value is -1.81. The zero-order valence-corrected chi connectivity index (χ0v) is 13.2. The summed E-state index contributed by atoms with van der Waals surface area (Å²) in [5.41, 5.74) is 4.25. The predicted octanol–water partition coefficient (Wildman–Crippen LogP) is 2.20. The van der Waals surface area contributed by atoms with E-state index in [2.05, 4.69) is 45.8 Å². The Kier molecular flexibility index (Phi) is 3.41. The molecule has 4 nitrogen and oxygen atoms in total. The number of piperazine rings is 1. The maximum atomic E-state index is 10.5. The lowest BCUT2D eigenvalue weighted by Gasteiger charge is -2.45. The van der Waals surface area contributed by atoms with Crippen molar-refractivity contribution in [2.45, 2.75) is 25.3 Å². The molecule has 1 aromatic carbocycles. The summed E-state index contributed by atoms with van der Waals surface area (Å²) in [6.45, 7) is 4.37. The molecule has 2 aromatic rings. The first-order valence-electron chi connectivity index (χ1n) is 8.27. The maximum Gasteiger partial charge on any atom is 0.120 e. The van der Waals surface area contributed by atoms with Crippen LogP contribution in [-0.4, -0.2) is 48.0 Å². The van der Waals surface area contributed by atoms with Gasteiger partial charge in [0.05, 0.1) is 5.52 Å². The molecule has 1 aromatic heterocycles. The Morgan fingerprint density at radius 3 is 3.09 bits per heavy atom. The number of aryl methyl sites for hydroxylation is 1. The third-order valence-electron chi connectivity index (χ3n) is 5.20. The number of hydrogen-bond donors (Lipinski definition) is 0. The minimum atomic E-state index is 0.575. The van der Waals surface area contributed by atoms with Gasteiger partial charge >= 0.3 is 0 Å². The van der Waals surface area contributed by atoms with Crippen molar-refractivity contribution in [3.05, 3.63) is 30.0 Å². The van der Waals surface area contributed by atoms with Gasteiger partial charge in [-0.3, -0.25) is 4.90 Å². The van der Waals surface area contributed by atoms with Gasteiger partial charge in [-0.2, -0.15) is 0 Å². The average Bonchev–Trinajstić information content (AvgIpc) is 2.85. The minimum absolute atomic E-state index is 0.575. The lowest BCUT2D eigenvalue weighted by atomic mass is 9.94. The normalized spacial score (nSPS) is 21.1. The molecule has 3 heterocycles. The molecular formula is C18H23N3O. The van der Waals surface area contributed by atoms with Crippen LogP contribution < -0.4 is 4.90 Å². The topological polar surface area (TPSA) is 28.5 Å². The number of nitrogens with zero attached hydrogens (tertiary/aromatic N) is 3. The van der Waals surface area contributed by atoms with Gasteiger partial charge in [0, 0.05) is 56.4 Å². The highest BCUT2D eigenvalue weighted by molar-refractivity contribution is 5.97. The largest absolute Gasteiger partial charge is 0.365 e. The Labute approximate surface area is 131 Å². The third-order valence-corrected chi connectivity index (χ3v) is 5.20. The number of hydrogen-bond acceptors (Lipinski definition) is 3. The molecule has 2 aliphatic heterocycles. The Morgan fingerprint density at radius 1 is 1.32 bits per heavy atom. The Bertz CT molecular complexity index is 706. The highest BCUT2D eigenvalue weighted by atomic mass is 16.1. The molecule has 1 fully saturated rings. The van der Waals surface area contributed by atoms with E-state index in [4.69, 9.17) is 0 Å². The van der Waals surface area contributed by atoms with Gasteiger partial charge in [0.15, 0.2) is 0 Å². The van der Waals surface area contributed by atoms with Crippen molar-refractivity contribution in [2.75, 3.05) is 31.1 Å². The van der Waals surface area contributed by atoms with E-state index >= 15 is 0 Å². The second kappa shape index (κ2) is 5.43. The second-order valence-electron chi connectivity index (χ2n) is 6.60. The fourth-order valence-corrected chi connectivity index (χ4v) is 4.18. The fraction of sp³-hybridized carbons (Fsp3) is 0.500. The summed E-state index contributed by atoms with van der Waals surface area (Å²) in [6, 6.07) is 7.25. The summed E-state index contributed by atoms with van der Waals surface area (Å²) in [5.74, 6) is 0. The number of carbonyl (C=O) groups excluding carboxylic acids is 1. The van der Waals surface area contributed by atoms with E-state index in [1.807, 2.05) is 0 Å². The first-order valence-corrected chi connectivity index (χ1v) is 8.27. The highest BCUT2D eigenvalue weighted by Crippen LogP contribution is 2.38. The minimum Gasteiger partial charge on any atom is -0.365 e. The van der Waals surface area contributed by atoms with Gasteiger partial charge in [0.25, 0.3) is 0 Å². The van der Waals surface area contributed by atoms with E-state index < -0.39 is 0 Å². The Morgan fingerprint density at radius 2 is 2.23 bits per heavy atom. The molecular weight excluding hydrogens is 274 g/mol. The van der Waals surface area contributed by atoms with E-state index in [1.54, 1.807) is 0 Å². The van der Waals surface area contributed by atoms with Crippen LogP contribution >= 0.6 is 0 Å². The molecule has 0 N–H and O–H groups in total. The number of carbonyl (C=O) groups is 1.